The van der Waals surface area contributed by atoms with Gasteiger partial charge in [-0.05, 0) is 44.4 Å². The first-order valence-corrected chi connectivity index (χ1v) is 10.9. The van der Waals surface area contributed by atoms with Crippen molar-refractivity contribution in [2.75, 3.05) is 23.7 Å². The maximum Gasteiger partial charge on any atom is 0.331 e. The van der Waals surface area contributed by atoms with Gasteiger partial charge in [-0.15, -0.1) is 0 Å². The lowest BCUT2D eigenvalue weighted by atomic mass is 10.1. The first kappa shape index (κ1) is 21.9. The maximum atomic E-state index is 13.7. The number of pyridine rings is 1. The Bertz CT molecular complexity index is 1280. The average Bonchev–Trinajstić information content (AvgIpc) is 3.06. The zero-order valence-electron chi connectivity index (χ0n) is 18.9. The molecule has 9 nitrogen and oxygen atoms in total. The Morgan fingerprint density at radius 1 is 1.19 bits per heavy atom. The Kier molecular flexibility index (Phi) is 5.92. The summed E-state index contributed by atoms with van der Waals surface area (Å²) in [6.45, 7) is 6.16. The van der Waals surface area contributed by atoms with Crippen molar-refractivity contribution in [3.05, 3.63) is 62.6 Å². The lowest BCUT2D eigenvalue weighted by Crippen LogP contribution is -2.44. The van der Waals surface area contributed by atoms with E-state index >= 15 is 0 Å². The minimum Gasteiger partial charge on any atom is -0.394 e. The predicted octanol–water partition coefficient (Wildman–Crippen LogP) is 1.42. The number of fused-ring (bicyclic) bond motifs is 1. The third-order valence-electron chi connectivity index (χ3n) is 6.08. The Hall–Kier alpha value is -3.33. The van der Waals surface area contributed by atoms with Gasteiger partial charge in [0.25, 0.3) is 5.56 Å². The second-order valence-corrected chi connectivity index (χ2v) is 8.76. The molecule has 0 amide bonds. The van der Waals surface area contributed by atoms with E-state index in [1.54, 1.807) is 31.6 Å². The highest BCUT2D eigenvalue weighted by Crippen LogP contribution is 2.34. The summed E-state index contributed by atoms with van der Waals surface area (Å²) in [5.41, 5.74) is 15.4. The fraction of sp³-hybridized carbons (Fsp3) is 0.435. The SMILES string of the molecule is CC(C)=CCn1c(N2CCC[C@H](N)C2)c(N)c2c1c(=O)n(Cc1ccncc1)c(=O)n2C. The zero-order valence-corrected chi connectivity index (χ0v) is 18.9. The molecule has 1 aliphatic heterocycles. The molecule has 0 unspecified atom stereocenters. The van der Waals surface area contributed by atoms with Gasteiger partial charge >= 0.3 is 5.69 Å². The number of hydrogen-bond acceptors (Lipinski definition) is 6. The molecule has 9 heteroatoms. The number of piperidine rings is 1. The molecular weight excluding hydrogens is 406 g/mol. The Morgan fingerprint density at radius 2 is 1.91 bits per heavy atom. The van der Waals surface area contributed by atoms with E-state index in [-0.39, 0.29) is 18.1 Å². The minimum absolute atomic E-state index is 0.0465. The quantitative estimate of drug-likeness (QED) is 0.583. The monoisotopic (exact) mass is 437 g/mol. The summed E-state index contributed by atoms with van der Waals surface area (Å²) < 4.78 is 4.70. The number of nitrogen functional groups attached to an aromatic ring is 1. The van der Waals surface area contributed by atoms with Crippen molar-refractivity contribution in [1.82, 2.24) is 18.7 Å². The van der Waals surface area contributed by atoms with Crippen molar-refractivity contribution in [2.24, 2.45) is 12.8 Å². The van der Waals surface area contributed by atoms with E-state index in [0.29, 0.717) is 29.8 Å². The molecule has 1 atom stereocenters. The number of allylic oxidation sites excluding steroid dienone is 2. The summed E-state index contributed by atoms with van der Waals surface area (Å²) in [7, 11) is 1.67. The van der Waals surface area contributed by atoms with Crippen LogP contribution in [0.5, 0.6) is 0 Å². The molecule has 170 valence electrons. The molecule has 3 aromatic heterocycles. The lowest BCUT2D eigenvalue weighted by Gasteiger charge is -2.33. The van der Waals surface area contributed by atoms with Crippen LogP contribution < -0.4 is 27.6 Å². The van der Waals surface area contributed by atoms with Crippen LogP contribution in [-0.4, -0.2) is 37.8 Å². The number of nitrogens with two attached hydrogens (primary N) is 2. The van der Waals surface area contributed by atoms with E-state index in [1.807, 2.05) is 18.4 Å². The van der Waals surface area contributed by atoms with Gasteiger partial charge in [0.05, 0.1) is 12.2 Å². The molecule has 1 fully saturated rings. The number of hydrogen-bond donors (Lipinski definition) is 2. The Labute approximate surface area is 186 Å². The fourth-order valence-corrected chi connectivity index (χ4v) is 4.47. The van der Waals surface area contributed by atoms with E-state index < -0.39 is 5.69 Å². The number of anilines is 2. The average molecular weight is 438 g/mol. The highest BCUT2D eigenvalue weighted by molar-refractivity contribution is 5.96. The zero-order chi connectivity index (χ0) is 23.0. The van der Waals surface area contributed by atoms with Crippen molar-refractivity contribution in [1.29, 1.82) is 0 Å². The van der Waals surface area contributed by atoms with Crippen molar-refractivity contribution >= 4 is 22.5 Å². The third kappa shape index (κ3) is 3.84. The van der Waals surface area contributed by atoms with Gasteiger partial charge in [0.2, 0.25) is 0 Å². The van der Waals surface area contributed by atoms with Crippen molar-refractivity contribution in [3.8, 4) is 0 Å². The Morgan fingerprint density at radius 3 is 2.56 bits per heavy atom. The standard InChI is InChI=1S/C23H31N7O2/c1-15(2)8-12-29-20-19(18(25)21(29)28-11-4-5-17(24)14-28)27(3)23(32)30(22(20)31)13-16-6-9-26-10-7-16/h6-10,17H,4-5,11-14,24-25H2,1-3H3/t17-/m0/s1. The molecule has 32 heavy (non-hydrogen) atoms. The van der Waals surface area contributed by atoms with E-state index in [4.69, 9.17) is 11.5 Å². The van der Waals surface area contributed by atoms with Crippen LogP contribution in [0.4, 0.5) is 11.5 Å². The molecule has 4 heterocycles. The van der Waals surface area contributed by atoms with Gasteiger partial charge in [-0.3, -0.25) is 18.9 Å². The van der Waals surface area contributed by atoms with Crippen LogP contribution in [0.3, 0.4) is 0 Å². The van der Waals surface area contributed by atoms with E-state index in [1.165, 1.54) is 9.13 Å². The molecule has 4 rings (SSSR count). The summed E-state index contributed by atoms with van der Waals surface area (Å²) in [5.74, 6) is 0.765. The summed E-state index contributed by atoms with van der Waals surface area (Å²) in [5, 5.41) is 0. The van der Waals surface area contributed by atoms with Crippen LogP contribution >= 0.6 is 0 Å². The van der Waals surface area contributed by atoms with Crippen molar-refractivity contribution in [2.45, 2.75) is 45.8 Å². The third-order valence-corrected chi connectivity index (χ3v) is 6.08. The maximum absolute atomic E-state index is 13.7. The number of nitrogens with zero attached hydrogens (tertiary/aromatic N) is 5. The summed E-state index contributed by atoms with van der Waals surface area (Å²) >= 11 is 0. The van der Waals surface area contributed by atoms with Crippen molar-refractivity contribution < 1.29 is 0 Å². The predicted molar refractivity (Wildman–Crippen MR) is 128 cm³/mol. The molecule has 0 spiro atoms. The van der Waals surface area contributed by atoms with Gasteiger partial charge < -0.3 is 20.9 Å². The van der Waals surface area contributed by atoms with Gasteiger partial charge in [0.1, 0.15) is 16.9 Å². The smallest absolute Gasteiger partial charge is 0.331 e. The van der Waals surface area contributed by atoms with Crippen LogP contribution in [0, 0.1) is 0 Å². The van der Waals surface area contributed by atoms with Gasteiger partial charge in [-0.25, -0.2) is 4.79 Å². The summed E-state index contributed by atoms with van der Waals surface area (Å²) in [6.07, 6.45) is 7.27. The van der Waals surface area contributed by atoms with Crippen LogP contribution in [0.1, 0.15) is 32.3 Å². The molecule has 1 saturated heterocycles. The van der Waals surface area contributed by atoms with Gasteiger partial charge in [-0.1, -0.05) is 11.6 Å². The fourth-order valence-electron chi connectivity index (χ4n) is 4.47. The van der Waals surface area contributed by atoms with Crippen molar-refractivity contribution in [3.63, 3.8) is 0 Å². The van der Waals surface area contributed by atoms with Crippen LogP contribution in [-0.2, 0) is 20.1 Å². The second-order valence-electron chi connectivity index (χ2n) is 8.76. The number of rotatable bonds is 5. The largest absolute Gasteiger partial charge is 0.394 e. The van der Waals surface area contributed by atoms with Gasteiger partial charge in [-0.2, -0.15) is 0 Å². The minimum atomic E-state index is -0.396. The lowest BCUT2D eigenvalue weighted by molar-refractivity contribution is 0.499. The molecule has 0 saturated carbocycles. The molecule has 3 aromatic rings. The topological polar surface area (TPSA) is 117 Å². The first-order valence-electron chi connectivity index (χ1n) is 10.9. The number of aryl methyl sites for hydroxylation is 1. The van der Waals surface area contributed by atoms with Gasteiger partial charge in [0.15, 0.2) is 0 Å². The van der Waals surface area contributed by atoms with E-state index in [9.17, 15) is 9.59 Å². The van der Waals surface area contributed by atoms with Crippen LogP contribution in [0.15, 0.2) is 45.8 Å². The second kappa shape index (κ2) is 8.66. The molecule has 0 radical (unpaired) electrons. The van der Waals surface area contributed by atoms with Crippen LogP contribution in [0.2, 0.25) is 0 Å². The first-order chi connectivity index (χ1) is 15.3. The van der Waals surface area contributed by atoms with Gasteiger partial charge in [0, 0.05) is 45.1 Å². The highest BCUT2D eigenvalue weighted by Gasteiger charge is 2.28. The molecular formula is C23H31N7O2. The summed E-state index contributed by atoms with van der Waals surface area (Å²) in [4.78, 5) is 33.0. The number of aromatic nitrogens is 4. The molecule has 0 bridgehead atoms. The van der Waals surface area contributed by atoms with E-state index in [0.717, 1.165) is 36.3 Å². The molecule has 0 aromatic carbocycles. The summed E-state index contributed by atoms with van der Waals surface area (Å²) in [6, 6.07) is 3.64. The molecule has 4 N–H and O–H groups in total. The Balaban J connectivity index is 1.99. The normalized spacial score (nSPS) is 16.5. The molecule has 0 aliphatic carbocycles. The highest BCUT2D eigenvalue weighted by atomic mass is 16.2. The van der Waals surface area contributed by atoms with E-state index in [2.05, 4.69) is 16.0 Å². The van der Waals surface area contributed by atoms with Crippen LogP contribution in [0.25, 0.3) is 11.0 Å². The molecule has 1 aliphatic rings.